The van der Waals surface area contributed by atoms with Gasteiger partial charge in [-0.2, -0.15) is 5.26 Å². The monoisotopic (exact) mass is 386 g/mol. The van der Waals surface area contributed by atoms with E-state index in [0.29, 0.717) is 37.0 Å². The normalized spacial score (nSPS) is 27.5. The molecule has 0 aliphatic carbocycles. The zero-order valence-corrected chi connectivity index (χ0v) is 16.3. The second kappa shape index (κ2) is 7.96. The van der Waals surface area contributed by atoms with Crippen molar-refractivity contribution in [3.05, 3.63) is 29.6 Å². The predicted octanol–water partition coefficient (Wildman–Crippen LogP) is 2.97. The van der Waals surface area contributed by atoms with E-state index in [2.05, 4.69) is 11.0 Å². The number of fused-ring (bicyclic) bond motifs is 2. The molecule has 3 aliphatic rings. The summed E-state index contributed by atoms with van der Waals surface area (Å²) >= 11 is 0. The number of ether oxygens (including phenoxy) is 1. The number of anilines is 1. The smallest absolute Gasteiger partial charge is 0.410 e. The molecule has 2 atom stereocenters. The lowest BCUT2D eigenvalue weighted by atomic mass is 9.95. The number of carbonyl (C=O) groups excluding carboxylic acids is 1. The molecule has 0 spiro atoms. The molecule has 6 nitrogen and oxygen atoms in total. The molecule has 1 amide bonds. The zero-order chi connectivity index (χ0) is 19.7. The maximum Gasteiger partial charge on any atom is 0.410 e. The lowest BCUT2D eigenvalue weighted by Crippen LogP contribution is -2.56. The standard InChI is InChI=1S/C21H27FN4O2/c1-2-28-21(27)26-16-6-7-17(26)13-18(12-16)24-8-10-25(11-9-24)20-15(14-23)4-3-5-19(20)22/h3-5,16-18H,2,6-13H2,1H3. The molecular weight excluding hydrogens is 359 g/mol. The third-order valence-electron chi connectivity index (χ3n) is 6.44. The number of carbonyl (C=O) groups is 1. The van der Waals surface area contributed by atoms with Crippen LogP contribution in [0.25, 0.3) is 0 Å². The quantitative estimate of drug-likeness (QED) is 0.799. The summed E-state index contributed by atoms with van der Waals surface area (Å²) in [5.74, 6) is -0.326. The Morgan fingerprint density at radius 3 is 2.46 bits per heavy atom. The van der Waals surface area contributed by atoms with E-state index in [4.69, 9.17) is 4.74 Å². The first-order chi connectivity index (χ1) is 13.6. The highest BCUT2D eigenvalue weighted by molar-refractivity contribution is 5.69. The number of piperidine rings is 1. The SMILES string of the molecule is CCOC(=O)N1C2CCC1CC(N1CCN(c3c(F)cccc3C#N)CC1)C2. The minimum absolute atomic E-state index is 0.165. The van der Waals surface area contributed by atoms with Crippen molar-refractivity contribution in [2.24, 2.45) is 0 Å². The highest BCUT2D eigenvalue weighted by atomic mass is 19.1. The van der Waals surface area contributed by atoms with Crippen molar-refractivity contribution in [2.75, 3.05) is 37.7 Å². The van der Waals surface area contributed by atoms with Gasteiger partial charge in [0.15, 0.2) is 0 Å². The van der Waals surface area contributed by atoms with Crippen molar-refractivity contribution in [3.8, 4) is 6.07 Å². The van der Waals surface area contributed by atoms with E-state index in [9.17, 15) is 14.4 Å². The Kier molecular flexibility index (Phi) is 5.40. The Morgan fingerprint density at radius 1 is 1.18 bits per heavy atom. The number of benzene rings is 1. The molecule has 3 saturated heterocycles. The van der Waals surface area contributed by atoms with E-state index in [1.54, 1.807) is 12.1 Å². The van der Waals surface area contributed by atoms with Gasteiger partial charge in [0, 0.05) is 44.3 Å². The van der Waals surface area contributed by atoms with Gasteiger partial charge in [0.1, 0.15) is 11.9 Å². The number of rotatable bonds is 3. The van der Waals surface area contributed by atoms with Crippen molar-refractivity contribution in [1.82, 2.24) is 9.80 Å². The number of para-hydroxylation sites is 1. The third-order valence-corrected chi connectivity index (χ3v) is 6.44. The largest absolute Gasteiger partial charge is 0.450 e. The Balaban J connectivity index is 1.38. The topological polar surface area (TPSA) is 59.8 Å². The Hall–Kier alpha value is -2.33. The molecular formula is C21H27FN4O2. The molecule has 3 aliphatic heterocycles. The molecule has 0 saturated carbocycles. The first-order valence-corrected chi connectivity index (χ1v) is 10.2. The molecule has 150 valence electrons. The fourth-order valence-electron chi connectivity index (χ4n) is 5.18. The third kappa shape index (κ3) is 3.42. The lowest BCUT2D eigenvalue weighted by Gasteiger charge is -2.46. The fourth-order valence-corrected chi connectivity index (χ4v) is 5.18. The van der Waals surface area contributed by atoms with E-state index in [1.165, 1.54) is 6.07 Å². The van der Waals surface area contributed by atoms with Crippen molar-refractivity contribution in [1.29, 1.82) is 5.26 Å². The number of nitrogens with zero attached hydrogens (tertiary/aromatic N) is 4. The molecule has 0 aromatic heterocycles. The molecule has 3 fully saturated rings. The van der Waals surface area contributed by atoms with Crippen LogP contribution in [-0.4, -0.2) is 66.8 Å². The van der Waals surface area contributed by atoms with Crippen LogP contribution in [0.2, 0.25) is 0 Å². The highest BCUT2D eigenvalue weighted by Crippen LogP contribution is 2.38. The van der Waals surface area contributed by atoms with Crippen LogP contribution in [0.5, 0.6) is 0 Å². The van der Waals surface area contributed by atoms with Crippen LogP contribution in [0.15, 0.2) is 18.2 Å². The van der Waals surface area contributed by atoms with Gasteiger partial charge in [-0.05, 0) is 44.7 Å². The van der Waals surface area contributed by atoms with Crippen LogP contribution >= 0.6 is 0 Å². The van der Waals surface area contributed by atoms with Crippen molar-refractivity contribution < 1.29 is 13.9 Å². The maximum atomic E-state index is 14.3. The fraction of sp³-hybridized carbons (Fsp3) is 0.619. The number of hydrogen-bond acceptors (Lipinski definition) is 5. The van der Waals surface area contributed by atoms with Gasteiger partial charge in [-0.25, -0.2) is 9.18 Å². The Morgan fingerprint density at radius 2 is 1.86 bits per heavy atom. The molecule has 2 unspecified atom stereocenters. The number of piperazine rings is 1. The van der Waals surface area contributed by atoms with Gasteiger partial charge in [0.25, 0.3) is 0 Å². The first-order valence-electron chi connectivity index (χ1n) is 10.2. The van der Waals surface area contributed by atoms with Crippen LogP contribution in [0, 0.1) is 17.1 Å². The van der Waals surface area contributed by atoms with E-state index in [-0.39, 0.29) is 24.0 Å². The molecule has 28 heavy (non-hydrogen) atoms. The van der Waals surface area contributed by atoms with Crippen LogP contribution < -0.4 is 4.90 Å². The van der Waals surface area contributed by atoms with E-state index >= 15 is 0 Å². The Labute approximate surface area is 165 Å². The van der Waals surface area contributed by atoms with Gasteiger partial charge in [-0.3, -0.25) is 4.90 Å². The molecule has 4 rings (SSSR count). The van der Waals surface area contributed by atoms with Gasteiger partial charge in [0.2, 0.25) is 0 Å². The van der Waals surface area contributed by atoms with Crippen molar-refractivity contribution in [2.45, 2.75) is 50.7 Å². The van der Waals surface area contributed by atoms with Gasteiger partial charge >= 0.3 is 6.09 Å². The van der Waals surface area contributed by atoms with Crippen molar-refractivity contribution in [3.63, 3.8) is 0 Å². The average Bonchev–Trinajstić information content (AvgIpc) is 2.98. The van der Waals surface area contributed by atoms with Crippen LogP contribution in [0.4, 0.5) is 14.9 Å². The van der Waals surface area contributed by atoms with Crippen LogP contribution in [0.1, 0.15) is 38.2 Å². The van der Waals surface area contributed by atoms with Crippen LogP contribution in [0.3, 0.4) is 0 Å². The number of hydrogen-bond donors (Lipinski definition) is 0. The molecule has 7 heteroatoms. The van der Waals surface area contributed by atoms with Gasteiger partial charge in [-0.15, -0.1) is 0 Å². The summed E-state index contributed by atoms with van der Waals surface area (Å²) in [7, 11) is 0. The summed E-state index contributed by atoms with van der Waals surface area (Å²) in [5.41, 5.74) is 0.830. The van der Waals surface area contributed by atoms with Crippen LogP contribution in [-0.2, 0) is 4.74 Å². The first kappa shape index (κ1) is 19.0. The lowest BCUT2D eigenvalue weighted by molar-refractivity contribution is 0.0396. The zero-order valence-electron chi connectivity index (χ0n) is 16.3. The minimum atomic E-state index is -0.326. The van der Waals surface area contributed by atoms with Gasteiger partial charge < -0.3 is 14.5 Å². The van der Waals surface area contributed by atoms with E-state index in [1.807, 2.05) is 16.7 Å². The average molecular weight is 386 g/mol. The Bertz CT molecular complexity index is 758. The minimum Gasteiger partial charge on any atom is -0.450 e. The predicted molar refractivity (Wildman–Crippen MR) is 104 cm³/mol. The summed E-state index contributed by atoms with van der Waals surface area (Å²) in [6.45, 7) is 5.39. The number of halogens is 1. The highest BCUT2D eigenvalue weighted by Gasteiger charge is 2.45. The van der Waals surface area contributed by atoms with Crippen molar-refractivity contribution >= 4 is 11.8 Å². The summed E-state index contributed by atoms with van der Waals surface area (Å²) in [4.78, 5) is 18.7. The van der Waals surface area contributed by atoms with E-state index in [0.717, 1.165) is 38.8 Å². The summed E-state index contributed by atoms with van der Waals surface area (Å²) in [5, 5.41) is 9.31. The molecule has 1 aromatic carbocycles. The summed E-state index contributed by atoms with van der Waals surface area (Å²) in [6, 6.07) is 7.80. The maximum absolute atomic E-state index is 14.3. The second-order valence-electron chi connectivity index (χ2n) is 7.89. The number of amides is 1. The van der Waals surface area contributed by atoms with E-state index < -0.39 is 0 Å². The molecule has 0 N–H and O–H groups in total. The van der Waals surface area contributed by atoms with Gasteiger partial charge in [-0.1, -0.05) is 6.07 Å². The number of nitriles is 1. The molecule has 3 heterocycles. The molecule has 2 bridgehead atoms. The summed E-state index contributed by atoms with van der Waals surface area (Å²) in [6.07, 6.45) is 3.92. The van der Waals surface area contributed by atoms with Gasteiger partial charge in [0.05, 0.1) is 17.9 Å². The molecule has 0 radical (unpaired) electrons. The second-order valence-corrected chi connectivity index (χ2v) is 7.89. The molecule has 1 aromatic rings. The summed E-state index contributed by atoms with van der Waals surface area (Å²) < 4.78 is 19.6.